The van der Waals surface area contributed by atoms with Crippen LogP contribution in [0.3, 0.4) is 0 Å². The Morgan fingerprint density at radius 3 is 2.45 bits per heavy atom. The van der Waals surface area contributed by atoms with E-state index >= 15 is 0 Å². The Morgan fingerprint density at radius 1 is 1.06 bits per heavy atom. The Hall–Kier alpha value is -3.46. The lowest BCUT2D eigenvalue weighted by molar-refractivity contribution is -0.131. The number of halogens is 2. The van der Waals surface area contributed by atoms with E-state index in [1.807, 2.05) is 30.3 Å². The largest absolute Gasteiger partial charge is 0.493 e. The summed E-state index contributed by atoms with van der Waals surface area (Å²) in [6, 6.07) is 13.9. The van der Waals surface area contributed by atoms with E-state index in [1.165, 1.54) is 25.3 Å². The summed E-state index contributed by atoms with van der Waals surface area (Å²) in [5.74, 6) is -0.842. The number of carbonyl (C=O) groups excluding carboxylic acids is 2. The van der Waals surface area contributed by atoms with Gasteiger partial charge in [0.05, 0.1) is 13.7 Å². The molecule has 9 heteroatoms. The van der Waals surface area contributed by atoms with Gasteiger partial charge in [-0.25, -0.2) is 0 Å². The molecule has 0 aromatic heterocycles. The Morgan fingerprint density at radius 2 is 1.79 bits per heavy atom. The molecule has 1 saturated heterocycles. The Kier molecular flexibility index (Phi) is 8.77. The predicted molar refractivity (Wildman–Crippen MR) is 120 cm³/mol. The monoisotopic (exact) mass is 459 g/mol. The lowest BCUT2D eigenvalue weighted by Crippen LogP contribution is -2.51. The van der Waals surface area contributed by atoms with Crippen molar-refractivity contribution < 1.29 is 27.8 Å². The number of hydrogen-bond acceptors (Lipinski definition) is 5. The van der Waals surface area contributed by atoms with Crippen molar-refractivity contribution in [1.82, 2.24) is 15.1 Å². The molecule has 0 atom stereocenters. The van der Waals surface area contributed by atoms with Gasteiger partial charge in [-0.05, 0) is 23.8 Å². The second-order valence-corrected chi connectivity index (χ2v) is 7.42. The van der Waals surface area contributed by atoms with E-state index < -0.39 is 12.5 Å². The zero-order valence-electron chi connectivity index (χ0n) is 18.4. The van der Waals surface area contributed by atoms with Crippen molar-refractivity contribution in [2.45, 2.75) is 6.61 Å². The number of hydrogen-bond donors (Lipinski definition) is 1. The molecule has 0 aliphatic carbocycles. The van der Waals surface area contributed by atoms with Gasteiger partial charge in [0.2, 0.25) is 5.91 Å². The molecule has 1 N–H and O–H groups in total. The van der Waals surface area contributed by atoms with Crippen LogP contribution in [0.5, 0.6) is 11.5 Å². The minimum atomic E-state index is -3.00. The molecule has 2 amide bonds. The van der Waals surface area contributed by atoms with E-state index in [-0.39, 0.29) is 29.5 Å². The first kappa shape index (κ1) is 24.2. The molecule has 3 rings (SSSR count). The van der Waals surface area contributed by atoms with Gasteiger partial charge in [-0.15, -0.1) is 0 Å². The number of nitrogens with zero attached hydrogens (tertiary/aromatic N) is 2. The molecule has 2 aromatic rings. The molecule has 0 spiro atoms. The number of amides is 2. The minimum absolute atomic E-state index is 0.00622. The van der Waals surface area contributed by atoms with Crippen molar-refractivity contribution in [3.8, 4) is 11.5 Å². The quantitative estimate of drug-likeness (QED) is 0.625. The fraction of sp³-hybridized carbons (Fsp3) is 0.333. The number of methoxy groups -OCH3 is 1. The van der Waals surface area contributed by atoms with E-state index in [9.17, 15) is 18.4 Å². The number of rotatable bonds is 9. The molecule has 7 nitrogen and oxygen atoms in total. The Bertz CT molecular complexity index is 961. The highest BCUT2D eigenvalue weighted by Crippen LogP contribution is 2.29. The topological polar surface area (TPSA) is 71.1 Å². The minimum Gasteiger partial charge on any atom is -0.493 e. The van der Waals surface area contributed by atoms with Gasteiger partial charge in [0.25, 0.3) is 5.91 Å². The highest BCUT2D eigenvalue weighted by atomic mass is 19.3. The van der Waals surface area contributed by atoms with Crippen LogP contribution in [0.1, 0.15) is 15.9 Å². The molecule has 2 aromatic carbocycles. The fourth-order valence-corrected chi connectivity index (χ4v) is 3.45. The number of benzene rings is 2. The van der Waals surface area contributed by atoms with Crippen LogP contribution >= 0.6 is 0 Å². The SMILES string of the molecule is COc1cc(C(=O)NCC(=O)N2CCN(C/C=C/c3ccccc3)CC2)ccc1OC(F)F. The maximum absolute atomic E-state index is 12.5. The average molecular weight is 459 g/mol. The van der Waals surface area contributed by atoms with Crippen LogP contribution < -0.4 is 14.8 Å². The maximum Gasteiger partial charge on any atom is 0.387 e. The van der Waals surface area contributed by atoms with Gasteiger partial charge >= 0.3 is 6.61 Å². The van der Waals surface area contributed by atoms with Crippen molar-refractivity contribution >= 4 is 17.9 Å². The van der Waals surface area contributed by atoms with E-state index in [4.69, 9.17) is 4.74 Å². The summed E-state index contributed by atoms with van der Waals surface area (Å²) in [6.07, 6.45) is 4.19. The van der Waals surface area contributed by atoms with Crippen molar-refractivity contribution in [2.24, 2.45) is 0 Å². The van der Waals surface area contributed by atoms with Gasteiger partial charge in [-0.1, -0.05) is 42.5 Å². The molecule has 1 aliphatic heterocycles. The van der Waals surface area contributed by atoms with Crippen LogP contribution in [-0.4, -0.2) is 74.6 Å². The van der Waals surface area contributed by atoms with E-state index in [0.717, 1.165) is 25.2 Å². The molecular weight excluding hydrogens is 432 g/mol. The molecule has 33 heavy (non-hydrogen) atoms. The highest BCUT2D eigenvalue weighted by Gasteiger charge is 2.21. The van der Waals surface area contributed by atoms with Gasteiger partial charge < -0.3 is 19.7 Å². The van der Waals surface area contributed by atoms with Crippen molar-refractivity contribution in [1.29, 1.82) is 0 Å². The van der Waals surface area contributed by atoms with E-state index in [2.05, 4.69) is 27.1 Å². The first-order valence-electron chi connectivity index (χ1n) is 10.6. The Labute approximate surface area is 191 Å². The second kappa shape index (κ2) is 12.0. The summed E-state index contributed by atoms with van der Waals surface area (Å²) in [5, 5.41) is 2.57. The van der Waals surface area contributed by atoms with Crippen molar-refractivity contribution in [2.75, 3.05) is 46.4 Å². The van der Waals surface area contributed by atoms with E-state index in [1.54, 1.807) is 4.90 Å². The molecule has 0 radical (unpaired) electrons. The van der Waals surface area contributed by atoms with Gasteiger partial charge in [-0.2, -0.15) is 8.78 Å². The molecule has 0 saturated carbocycles. The second-order valence-electron chi connectivity index (χ2n) is 7.42. The van der Waals surface area contributed by atoms with Crippen molar-refractivity contribution in [3.63, 3.8) is 0 Å². The van der Waals surface area contributed by atoms with Crippen LogP contribution in [0.15, 0.2) is 54.6 Å². The molecule has 1 fully saturated rings. The van der Waals surface area contributed by atoms with Gasteiger partial charge in [0, 0.05) is 38.3 Å². The molecule has 176 valence electrons. The van der Waals surface area contributed by atoms with Gasteiger partial charge in [0.1, 0.15) is 0 Å². The normalized spacial score (nSPS) is 14.5. The molecular formula is C24H27F2N3O4. The molecule has 0 unspecified atom stereocenters. The maximum atomic E-state index is 12.5. The Balaban J connectivity index is 1.43. The van der Waals surface area contributed by atoms with Crippen LogP contribution in [0.25, 0.3) is 6.08 Å². The molecule has 1 heterocycles. The lowest BCUT2D eigenvalue weighted by Gasteiger charge is -2.34. The smallest absolute Gasteiger partial charge is 0.387 e. The zero-order chi connectivity index (χ0) is 23.6. The van der Waals surface area contributed by atoms with Crippen LogP contribution in [0, 0.1) is 0 Å². The third-order valence-corrected chi connectivity index (χ3v) is 5.24. The van der Waals surface area contributed by atoms with Crippen LogP contribution in [0.4, 0.5) is 8.78 Å². The van der Waals surface area contributed by atoms with Crippen LogP contribution in [-0.2, 0) is 4.79 Å². The number of piperazine rings is 1. The highest BCUT2D eigenvalue weighted by molar-refractivity contribution is 5.97. The summed E-state index contributed by atoms with van der Waals surface area (Å²) in [7, 11) is 1.29. The summed E-state index contributed by atoms with van der Waals surface area (Å²) in [6.45, 7) is 0.327. The number of nitrogens with one attached hydrogen (secondary N) is 1. The van der Waals surface area contributed by atoms with Gasteiger partial charge in [-0.3, -0.25) is 14.5 Å². The van der Waals surface area contributed by atoms with E-state index in [0.29, 0.717) is 13.1 Å². The summed E-state index contributed by atoms with van der Waals surface area (Å²) >= 11 is 0. The molecule has 1 aliphatic rings. The first-order valence-corrected chi connectivity index (χ1v) is 10.6. The standard InChI is InChI=1S/C24H27F2N3O4/c1-32-21-16-19(9-10-20(21)33-24(25)26)23(31)27-17-22(30)29-14-12-28(13-15-29)11-5-8-18-6-3-2-4-7-18/h2-10,16,24H,11-15,17H2,1H3,(H,27,31)/b8-5+. The fourth-order valence-electron chi connectivity index (χ4n) is 3.45. The average Bonchev–Trinajstić information content (AvgIpc) is 2.83. The third kappa shape index (κ3) is 7.28. The summed E-state index contributed by atoms with van der Waals surface area (Å²) < 4.78 is 34.2. The predicted octanol–water partition coefficient (Wildman–Crippen LogP) is 2.88. The number of carbonyl (C=O) groups is 2. The zero-order valence-corrected chi connectivity index (χ0v) is 18.4. The summed E-state index contributed by atoms with van der Waals surface area (Å²) in [4.78, 5) is 28.8. The number of ether oxygens (including phenoxy) is 2. The van der Waals surface area contributed by atoms with Crippen molar-refractivity contribution in [3.05, 3.63) is 65.7 Å². The third-order valence-electron chi connectivity index (χ3n) is 5.24. The first-order chi connectivity index (χ1) is 16.0. The summed E-state index contributed by atoms with van der Waals surface area (Å²) in [5.41, 5.74) is 1.33. The van der Waals surface area contributed by atoms with Crippen LogP contribution in [0.2, 0.25) is 0 Å². The molecule has 0 bridgehead atoms. The number of alkyl halides is 2. The lowest BCUT2D eigenvalue weighted by atomic mass is 10.2. The van der Waals surface area contributed by atoms with Gasteiger partial charge in [0.15, 0.2) is 11.5 Å².